The largest absolute Gasteiger partial charge is 0.310 e. The first-order valence-corrected chi connectivity index (χ1v) is 26.6. The molecule has 2 atom stereocenters. The van der Waals surface area contributed by atoms with Crippen molar-refractivity contribution in [1.82, 2.24) is 0 Å². The van der Waals surface area contributed by atoms with Crippen molar-refractivity contribution in [2.45, 2.75) is 82.5 Å². The lowest BCUT2D eigenvalue weighted by Crippen LogP contribution is -2.30. The predicted molar refractivity (Wildman–Crippen MR) is 311 cm³/mol. The van der Waals surface area contributed by atoms with Gasteiger partial charge in [0.15, 0.2) is 0 Å². The van der Waals surface area contributed by atoms with Gasteiger partial charge in [-0.1, -0.05) is 242 Å². The molecule has 0 spiro atoms. The Hall–Kier alpha value is -8.00. The average molecular weight is 954 g/mol. The van der Waals surface area contributed by atoms with E-state index in [1.54, 1.807) is 0 Å². The Bertz CT molecular complexity index is 3790. The van der Waals surface area contributed by atoms with Crippen molar-refractivity contribution in [3.8, 4) is 33.4 Å². The standard InChI is InChI=1S/C73H63N/c1-69(2,3)50-27-21-29-52(43-50)73(53-30-22-28-51(44-53)70(4,5)6)66-36-20-17-33-59(66)62-46-55(39-42-67(62)73)74(54-38-41-65-61(45-54)58-32-16-19-35-64(58)71(65,7)48-23-11-9-12-24-48)56-37-40-60-57-31-15-18-34-63(57)72(8,68(60)47-56)49-25-13-10-14-26-49/h9-47H,1-8H3. The summed E-state index contributed by atoms with van der Waals surface area (Å²) in [5, 5.41) is 0. The number of nitrogens with zero attached hydrogens (tertiary/aromatic N) is 1. The molecule has 2 unspecified atom stereocenters. The third-order valence-electron chi connectivity index (χ3n) is 17.4. The normalized spacial score (nSPS) is 17.7. The number of fused-ring (bicyclic) bond motifs is 9. The first kappa shape index (κ1) is 45.8. The highest BCUT2D eigenvalue weighted by Crippen LogP contribution is 2.60. The Morgan fingerprint density at radius 2 is 0.622 bits per heavy atom. The Morgan fingerprint density at radius 3 is 1.15 bits per heavy atom. The lowest BCUT2D eigenvalue weighted by atomic mass is 9.66. The van der Waals surface area contributed by atoms with Crippen LogP contribution in [0.25, 0.3) is 33.4 Å². The molecular formula is C73H63N. The molecule has 0 aromatic heterocycles. The van der Waals surface area contributed by atoms with E-state index in [4.69, 9.17) is 0 Å². The second-order valence-corrected chi connectivity index (χ2v) is 23.6. The van der Waals surface area contributed by atoms with E-state index >= 15 is 0 Å². The first-order valence-electron chi connectivity index (χ1n) is 26.6. The van der Waals surface area contributed by atoms with E-state index in [-0.39, 0.29) is 21.7 Å². The van der Waals surface area contributed by atoms with Crippen molar-refractivity contribution in [3.05, 3.63) is 303 Å². The van der Waals surface area contributed by atoms with Crippen LogP contribution in [0.4, 0.5) is 17.1 Å². The Labute approximate surface area is 438 Å². The topological polar surface area (TPSA) is 3.24 Å². The first-order chi connectivity index (χ1) is 35.7. The Morgan fingerprint density at radius 1 is 0.270 bits per heavy atom. The molecule has 0 aliphatic heterocycles. The number of hydrogen-bond acceptors (Lipinski definition) is 1. The highest BCUT2D eigenvalue weighted by atomic mass is 15.1. The molecule has 0 radical (unpaired) electrons. The van der Waals surface area contributed by atoms with Gasteiger partial charge in [-0.05, 0) is 161 Å². The fraction of sp³-hybridized carbons (Fsp3) is 0.178. The summed E-state index contributed by atoms with van der Waals surface area (Å²) in [6, 6.07) is 90.3. The number of anilines is 3. The monoisotopic (exact) mass is 953 g/mol. The van der Waals surface area contributed by atoms with E-state index in [1.165, 1.54) is 100 Å². The highest BCUT2D eigenvalue weighted by molar-refractivity contribution is 5.94. The molecule has 0 fully saturated rings. The van der Waals surface area contributed by atoms with Crippen LogP contribution in [0, 0.1) is 0 Å². The fourth-order valence-corrected chi connectivity index (χ4v) is 13.5. The van der Waals surface area contributed by atoms with Crippen molar-refractivity contribution in [1.29, 1.82) is 0 Å². The molecule has 1 nitrogen and oxygen atoms in total. The molecule has 1 heteroatoms. The molecule has 0 bridgehead atoms. The second-order valence-electron chi connectivity index (χ2n) is 23.6. The van der Waals surface area contributed by atoms with Gasteiger partial charge in [-0.25, -0.2) is 0 Å². The van der Waals surface area contributed by atoms with Gasteiger partial charge in [-0.3, -0.25) is 0 Å². The zero-order valence-corrected chi connectivity index (χ0v) is 44.0. The Kier molecular flexibility index (Phi) is 10.2. The van der Waals surface area contributed by atoms with Crippen LogP contribution in [0.1, 0.15) is 122 Å². The van der Waals surface area contributed by atoms with Crippen molar-refractivity contribution < 1.29 is 0 Å². The summed E-state index contributed by atoms with van der Waals surface area (Å²) in [6.45, 7) is 18.8. The minimum absolute atomic E-state index is 0.0293. The lowest BCUT2D eigenvalue weighted by molar-refractivity contribution is 0.585. The van der Waals surface area contributed by atoms with Crippen LogP contribution in [0.15, 0.2) is 237 Å². The Balaban J connectivity index is 1.08. The molecule has 3 aliphatic rings. The summed E-state index contributed by atoms with van der Waals surface area (Å²) in [5.41, 5.74) is 25.6. The third-order valence-corrected chi connectivity index (χ3v) is 17.4. The van der Waals surface area contributed by atoms with Crippen LogP contribution in [-0.2, 0) is 27.1 Å². The summed E-state index contributed by atoms with van der Waals surface area (Å²) in [6.07, 6.45) is 0. The second kappa shape index (κ2) is 16.5. The molecule has 0 amide bonds. The van der Waals surface area contributed by atoms with Crippen LogP contribution in [0.5, 0.6) is 0 Å². The van der Waals surface area contributed by atoms with Crippen LogP contribution in [0.2, 0.25) is 0 Å². The zero-order valence-electron chi connectivity index (χ0n) is 44.0. The summed E-state index contributed by atoms with van der Waals surface area (Å²) < 4.78 is 0. The summed E-state index contributed by atoms with van der Waals surface area (Å²) in [5.74, 6) is 0. The third kappa shape index (κ3) is 6.61. The molecule has 3 aliphatic carbocycles. The highest BCUT2D eigenvalue weighted by Gasteiger charge is 2.48. The van der Waals surface area contributed by atoms with Crippen LogP contribution < -0.4 is 4.90 Å². The van der Waals surface area contributed by atoms with Gasteiger partial charge < -0.3 is 4.90 Å². The van der Waals surface area contributed by atoms with Gasteiger partial charge in [0.2, 0.25) is 0 Å². The number of hydrogen-bond donors (Lipinski definition) is 0. The van der Waals surface area contributed by atoms with Crippen molar-refractivity contribution in [2.24, 2.45) is 0 Å². The molecule has 0 N–H and O–H groups in total. The van der Waals surface area contributed by atoms with Crippen LogP contribution >= 0.6 is 0 Å². The van der Waals surface area contributed by atoms with E-state index in [1.807, 2.05) is 0 Å². The molecule has 10 aromatic rings. The van der Waals surface area contributed by atoms with E-state index in [0.29, 0.717) is 0 Å². The quantitative estimate of drug-likeness (QED) is 0.154. The fourth-order valence-electron chi connectivity index (χ4n) is 13.5. The number of rotatable bonds is 7. The molecule has 0 saturated heterocycles. The molecule has 360 valence electrons. The van der Waals surface area contributed by atoms with Gasteiger partial charge in [-0.15, -0.1) is 0 Å². The summed E-state index contributed by atoms with van der Waals surface area (Å²) in [4.78, 5) is 2.54. The van der Waals surface area contributed by atoms with Gasteiger partial charge >= 0.3 is 0 Å². The van der Waals surface area contributed by atoms with Gasteiger partial charge in [0.1, 0.15) is 0 Å². The molecular weight excluding hydrogens is 891 g/mol. The maximum Gasteiger partial charge on any atom is 0.0713 e. The van der Waals surface area contributed by atoms with Crippen molar-refractivity contribution in [3.63, 3.8) is 0 Å². The molecule has 0 heterocycles. The van der Waals surface area contributed by atoms with E-state index in [9.17, 15) is 0 Å². The molecule has 10 aromatic carbocycles. The maximum absolute atomic E-state index is 2.54. The zero-order chi connectivity index (χ0) is 50.8. The smallest absolute Gasteiger partial charge is 0.0713 e. The SMILES string of the molecule is CC(C)(C)c1cccc(C2(c3cccc(C(C)(C)C)c3)c3ccccc3-c3cc(N(c4ccc5c(c4)-c4ccccc4C5(C)c4ccccc4)c4ccc5c(c4)C(C)(c4ccccc4)c4ccccc4-5)ccc32)c1. The maximum atomic E-state index is 2.54. The molecule has 0 saturated carbocycles. The van der Waals surface area contributed by atoms with Gasteiger partial charge in [0.25, 0.3) is 0 Å². The minimum atomic E-state index is -0.562. The van der Waals surface area contributed by atoms with Crippen LogP contribution in [-0.4, -0.2) is 0 Å². The van der Waals surface area contributed by atoms with Gasteiger partial charge in [0, 0.05) is 27.9 Å². The van der Waals surface area contributed by atoms with E-state index in [0.717, 1.165) is 17.1 Å². The molecule has 13 rings (SSSR count). The van der Waals surface area contributed by atoms with Gasteiger partial charge in [0.05, 0.1) is 5.41 Å². The summed E-state index contributed by atoms with van der Waals surface area (Å²) in [7, 11) is 0. The van der Waals surface area contributed by atoms with Crippen LogP contribution in [0.3, 0.4) is 0 Å². The summed E-state index contributed by atoms with van der Waals surface area (Å²) >= 11 is 0. The van der Waals surface area contributed by atoms with Crippen molar-refractivity contribution >= 4 is 17.1 Å². The lowest BCUT2D eigenvalue weighted by Gasteiger charge is -2.36. The van der Waals surface area contributed by atoms with E-state index < -0.39 is 5.41 Å². The minimum Gasteiger partial charge on any atom is -0.310 e. The molecule has 74 heavy (non-hydrogen) atoms. The predicted octanol–water partition coefficient (Wildman–Crippen LogP) is 18.8. The van der Waals surface area contributed by atoms with Gasteiger partial charge in [-0.2, -0.15) is 0 Å². The number of benzene rings is 10. The van der Waals surface area contributed by atoms with Crippen molar-refractivity contribution in [2.75, 3.05) is 4.90 Å². The average Bonchev–Trinajstić information content (AvgIpc) is 3.98. The van der Waals surface area contributed by atoms with E-state index in [2.05, 4.69) is 297 Å².